The fraction of sp³-hybridized carbons (Fsp3) is 0.381. The van der Waals surface area contributed by atoms with Crippen molar-refractivity contribution < 1.29 is 31.5 Å². The summed E-state index contributed by atoms with van der Waals surface area (Å²) >= 11 is 0. The number of nitrogens with zero attached hydrogens (tertiary/aromatic N) is 4. The summed E-state index contributed by atoms with van der Waals surface area (Å²) in [6, 6.07) is 5.36. The SMILES string of the molecule is CCOc1cc2nc(C3CN(CC(F)(F)F)C3)cn2cc1NC(=O)c1cccc(C(F)F)n1. The fourth-order valence-corrected chi connectivity index (χ4v) is 3.63. The Labute approximate surface area is 185 Å². The van der Waals surface area contributed by atoms with Crippen molar-refractivity contribution in [3.8, 4) is 5.75 Å². The van der Waals surface area contributed by atoms with Gasteiger partial charge >= 0.3 is 6.18 Å². The van der Waals surface area contributed by atoms with Crippen LogP contribution in [0.1, 0.15) is 41.1 Å². The molecule has 1 aliphatic heterocycles. The second-order valence-corrected chi connectivity index (χ2v) is 7.62. The van der Waals surface area contributed by atoms with Crippen molar-refractivity contribution in [3.05, 3.63) is 53.7 Å². The van der Waals surface area contributed by atoms with E-state index in [4.69, 9.17) is 4.74 Å². The molecule has 1 saturated heterocycles. The lowest BCUT2D eigenvalue weighted by Gasteiger charge is -2.38. The van der Waals surface area contributed by atoms with Crippen LogP contribution in [-0.2, 0) is 0 Å². The van der Waals surface area contributed by atoms with Gasteiger partial charge in [0.25, 0.3) is 12.3 Å². The number of fused-ring (bicyclic) bond motifs is 1. The summed E-state index contributed by atoms with van der Waals surface area (Å²) in [4.78, 5) is 22.1. The summed E-state index contributed by atoms with van der Waals surface area (Å²) in [5, 5.41) is 2.62. The Hall–Kier alpha value is -3.28. The smallest absolute Gasteiger partial charge is 0.401 e. The second-order valence-electron chi connectivity index (χ2n) is 7.62. The quantitative estimate of drug-likeness (QED) is 0.523. The molecule has 176 valence electrons. The highest BCUT2D eigenvalue weighted by Crippen LogP contribution is 2.32. The Morgan fingerprint density at radius 2 is 2.00 bits per heavy atom. The first-order valence-electron chi connectivity index (χ1n) is 10.1. The normalized spacial score (nSPS) is 15.1. The number of aromatic nitrogens is 3. The molecule has 1 aliphatic rings. The zero-order valence-corrected chi connectivity index (χ0v) is 17.4. The number of hydrogen-bond acceptors (Lipinski definition) is 5. The van der Waals surface area contributed by atoms with Gasteiger partial charge in [-0.25, -0.2) is 18.7 Å². The van der Waals surface area contributed by atoms with Crippen molar-refractivity contribution >= 4 is 17.2 Å². The van der Waals surface area contributed by atoms with Crippen molar-refractivity contribution in [1.82, 2.24) is 19.3 Å². The molecule has 0 radical (unpaired) electrons. The van der Waals surface area contributed by atoms with Gasteiger partial charge in [-0.3, -0.25) is 9.69 Å². The number of anilines is 1. The maximum Gasteiger partial charge on any atom is 0.401 e. The minimum Gasteiger partial charge on any atom is -0.491 e. The molecule has 0 saturated carbocycles. The minimum atomic E-state index is -4.24. The molecule has 1 fully saturated rings. The third-order valence-corrected chi connectivity index (χ3v) is 5.13. The molecule has 0 aromatic carbocycles. The number of amides is 1. The van der Waals surface area contributed by atoms with Gasteiger partial charge in [-0.15, -0.1) is 0 Å². The molecule has 0 aliphatic carbocycles. The lowest BCUT2D eigenvalue weighted by atomic mass is 9.97. The molecule has 4 heterocycles. The first kappa shape index (κ1) is 22.9. The minimum absolute atomic E-state index is 0.137. The number of alkyl halides is 5. The maximum absolute atomic E-state index is 12.9. The number of carbonyl (C=O) groups excluding carboxylic acids is 1. The standard InChI is InChI=1S/C21H20F5N5O2/c1-2-33-17-6-18-28-15(12-7-30(8-12)11-21(24,25)26)9-31(18)10-16(17)29-20(32)14-5-3-4-13(27-14)19(22)23/h3-6,9-10,12,19H,2,7-8,11H2,1H3,(H,29,32). The molecule has 0 atom stereocenters. The van der Waals surface area contributed by atoms with E-state index in [2.05, 4.69) is 15.3 Å². The van der Waals surface area contributed by atoms with E-state index in [1.165, 1.54) is 17.0 Å². The Bertz CT molecular complexity index is 1160. The van der Waals surface area contributed by atoms with Crippen LogP contribution in [0.5, 0.6) is 5.75 Å². The van der Waals surface area contributed by atoms with Crippen molar-refractivity contribution in [1.29, 1.82) is 0 Å². The summed E-state index contributed by atoms with van der Waals surface area (Å²) in [7, 11) is 0. The molecule has 7 nitrogen and oxygen atoms in total. The fourth-order valence-electron chi connectivity index (χ4n) is 3.63. The predicted octanol–water partition coefficient (Wildman–Crippen LogP) is 4.28. The van der Waals surface area contributed by atoms with Gasteiger partial charge in [-0.05, 0) is 19.1 Å². The molecule has 0 unspecified atom stereocenters. The third kappa shape index (κ3) is 5.21. The van der Waals surface area contributed by atoms with Crippen LogP contribution in [-0.4, -0.2) is 57.6 Å². The van der Waals surface area contributed by atoms with E-state index in [9.17, 15) is 26.7 Å². The molecular weight excluding hydrogens is 449 g/mol. The number of ether oxygens (including phenoxy) is 1. The number of nitrogens with one attached hydrogen (secondary N) is 1. The van der Waals surface area contributed by atoms with Crippen LogP contribution in [0.3, 0.4) is 0 Å². The van der Waals surface area contributed by atoms with Gasteiger partial charge in [-0.2, -0.15) is 13.2 Å². The number of pyridine rings is 2. The average Bonchev–Trinajstić information content (AvgIpc) is 3.12. The lowest BCUT2D eigenvalue weighted by Crippen LogP contribution is -2.49. The molecule has 4 rings (SSSR count). The average molecular weight is 469 g/mol. The molecule has 3 aromatic rings. The van der Waals surface area contributed by atoms with E-state index < -0.39 is 30.7 Å². The number of likely N-dealkylation sites (tertiary alicyclic amines) is 1. The first-order chi connectivity index (χ1) is 15.6. The molecule has 0 bridgehead atoms. The molecule has 3 aromatic heterocycles. The van der Waals surface area contributed by atoms with Gasteiger partial charge in [0, 0.05) is 37.5 Å². The number of halogens is 5. The van der Waals surface area contributed by atoms with E-state index in [0.717, 1.165) is 6.07 Å². The first-order valence-corrected chi connectivity index (χ1v) is 10.1. The van der Waals surface area contributed by atoms with Crippen LogP contribution in [0.25, 0.3) is 5.65 Å². The third-order valence-electron chi connectivity index (χ3n) is 5.13. The Kier molecular flexibility index (Phi) is 6.19. The van der Waals surface area contributed by atoms with E-state index in [0.29, 0.717) is 23.7 Å². The van der Waals surface area contributed by atoms with Crippen molar-refractivity contribution in [2.24, 2.45) is 0 Å². The summed E-state index contributed by atoms with van der Waals surface area (Å²) in [5.74, 6) is -0.519. The van der Waals surface area contributed by atoms with Crippen molar-refractivity contribution in [2.45, 2.75) is 25.4 Å². The maximum atomic E-state index is 12.9. The van der Waals surface area contributed by atoms with Gasteiger partial charge in [0.15, 0.2) is 0 Å². The van der Waals surface area contributed by atoms with Crippen LogP contribution in [0.4, 0.5) is 27.6 Å². The zero-order valence-electron chi connectivity index (χ0n) is 17.4. The molecule has 0 spiro atoms. The lowest BCUT2D eigenvalue weighted by molar-refractivity contribution is -0.155. The summed E-state index contributed by atoms with van der Waals surface area (Å²) in [6.07, 6.45) is -3.81. The second kappa shape index (κ2) is 8.93. The monoisotopic (exact) mass is 469 g/mol. The van der Waals surface area contributed by atoms with Crippen LogP contribution in [0.15, 0.2) is 36.7 Å². The van der Waals surface area contributed by atoms with Gasteiger partial charge in [0.1, 0.15) is 28.5 Å². The molecule has 1 N–H and O–H groups in total. The van der Waals surface area contributed by atoms with Crippen LogP contribution >= 0.6 is 0 Å². The largest absolute Gasteiger partial charge is 0.491 e. The van der Waals surface area contributed by atoms with Crippen LogP contribution in [0, 0.1) is 0 Å². The number of rotatable bonds is 7. The highest BCUT2D eigenvalue weighted by Gasteiger charge is 2.38. The van der Waals surface area contributed by atoms with Crippen molar-refractivity contribution in [3.63, 3.8) is 0 Å². The van der Waals surface area contributed by atoms with Gasteiger partial charge in [-0.1, -0.05) is 6.07 Å². The van der Waals surface area contributed by atoms with Crippen LogP contribution < -0.4 is 10.1 Å². The van der Waals surface area contributed by atoms with E-state index in [-0.39, 0.29) is 30.4 Å². The Morgan fingerprint density at radius 1 is 1.24 bits per heavy atom. The van der Waals surface area contributed by atoms with E-state index in [1.54, 1.807) is 29.8 Å². The predicted molar refractivity (Wildman–Crippen MR) is 109 cm³/mol. The van der Waals surface area contributed by atoms with Crippen molar-refractivity contribution in [2.75, 3.05) is 31.6 Å². The van der Waals surface area contributed by atoms with Crippen LogP contribution in [0.2, 0.25) is 0 Å². The molecular formula is C21H20F5N5O2. The Balaban J connectivity index is 1.55. The topological polar surface area (TPSA) is 71.8 Å². The summed E-state index contributed by atoms with van der Waals surface area (Å²) < 4.78 is 70.6. The molecule has 1 amide bonds. The van der Waals surface area contributed by atoms with E-state index >= 15 is 0 Å². The van der Waals surface area contributed by atoms with Gasteiger partial charge in [0.2, 0.25) is 0 Å². The number of hydrogen-bond donors (Lipinski definition) is 1. The highest BCUT2D eigenvalue weighted by atomic mass is 19.4. The highest BCUT2D eigenvalue weighted by molar-refractivity contribution is 6.03. The molecule has 33 heavy (non-hydrogen) atoms. The Morgan fingerprint density at radius 3 is 2.67 bits per heavy atom. The van der Waals surface area contributed by atoms with Gasteiger partial charge < -0.3 is 14.5 Å². The van der Waals surface area contributed by atoms with E-state index in [1.807, 2.05) is 0 Å². The zero-order chi connectivity index (χ0) is 23.8. The summed E-state index contributed by atoms with van der Waals surface area (Å²) in [6.45, 7) is 1.59. The summed E-state index contributed by atoms with van der Waals surface area (Å²) in [5.41, 5.74) is 0.711. The number of imidazole rings is 1. The molecule has 12 heteroatoms. The number of carbonyl (C=O) groups is 1. The van der Waals surface area contributed by atoms with Gasteiger partial charge in [0.05, 0.1) is 18.8 Å².